The Kier molecular flexibility index (Phi) is 4.49. The highest BCUT2D eigenvalue weighted by molar-refractivity contribution is 7.98. The largest absolute Gasteiger partial charge is 0.454 e. The van der Waals surface area contributed by atoms with Gasteiger partial charge in [-0.05, 0) is 17.7 Å². The summed E-state index contributed by atoms with van der Waals surface area (Å²) in [6.07, 6.45) is 0. The van der Waals surface area contributed by atoms with E-state index >= 15 is 0 Å². The molecule has 1 aliphatic heterocycles. The van der Waals surface area contributed by atoms with Crippen LogP contribution >= 0.6 is 35.0 Å². The van der Waals surface area contributed by atoms with Gasteiger partial charge in [0.1, 0.15) is 6.73 Å². The van der Waals surface area contributed by atoms with E-state index in [1.165, 1.54) is 11.8 Å². The third kappa shape index (κ3) is 3.08. The number of imidazole rings is 1. The van der Waals surface area contributed by atoms with E-state index in [1.807, 2.05) is 18.2 Å². The van der Waals surface area contributed by atoms with Gasteiger partial charge in [0.25, 0.3) is 0 Å². The lowest BCUT2D eigenvalue weighted by Gasteiger charge is -2.07. The highest BCUT2D eigenvalue weighted by Crippen LogP contribution is 2.35. The monoisotopic (exact) mass is 346 g/mol. The summed E-state index contributed by atoms with van der Waals surface area (Å²) in [4.78, 5) is 4.24. The van der Waals surface area contributed by atoms with E-state index < -0.39 is 0 Å². The van der Waals surface area contributed by atoms with Crippen LogP contribution in [0.5, 0.6) is 11.5 Å². The van der Waals surface area contributed by atoms with Crippen LogP contribution in [0.1, 0.15) is 5.56 Å². The molecule has 1 aromatic carbocycles. The van der Waals surface area contributed by atoms with Gasteiger partial charge in [-0.15, -0.1) is 0 Å². The van der Waals surface area contributed by atoms with Gasteiger partial charge in [-0.2, -0.15) is 0 Å². The molecule has 0 bridgehead atoms. The molecule has 0 saturated carbocycles. The maximum atomic E-state index is 6.09. The molecule has 3 rings (SSSR count). The van der Waals surface area contributed by atoms with Crippen molar-refractivity contribution in [1.82, 2.24) is 9.55 Å². The van der Waals surface area contributed by atoms with Crippen LogP contribution in [0.15, 0.2) is 23.4 Å². The molecule has 8 heteroatoms. The fraction of sp³-hybridized carbons (Fsp3) is 0.308. The van der Waals surface area contributed by atoms with Gasteiger partial charge >= 0.3 is 0 Å². The number of ether oxygens (including phenoxy) is 3. The van der Waals surface area contributed by atoms with Crippen LogP contribution in [-0.2, 0) is 17.2 Å². The summed E-state index contributed by atoms with van der Waals surface area (Å²) in [5, 5.41) is 1.37. The van der Waals surface area contributed by atoms with E-state index in [2.05, 4.69) is 4.98 Å². The zero-order valence-electron chi connectivity index (χ0n) is 11.1. The van der Waals surface area contributed by atoms with Gasteiger partial charge in [-0.3, -0.25) is 4.57 Å². The Bertz CT molecular complexity index is 663. The highest BCUT2D eigenvalue weighted by atomic mass is 35.5. The lowest BCUT2D eigenvalue weighted by molar-refractivity contribution is 0.124. The van der Waals surface area contributed by atoms with Crippen LogP contribution in [0.3, 0.4) is 0 Å². The average molecular weight is 347 g/mol. The number of aromatic nitrogens is 2. The van der Waals surface area contributed by atoms with Crippen molar-refractivity contribution >= 4 is 35.0 Å². The smallest absolute Gasteiger partial charge is 0.231 e. The Balaban J connectivity index is 1.74. The fourth-order valence-electron chi connectivity index (χ4n) is 1.92. The Morgan fingerprint density at radius 1 is 1.33 bits per heavy atom. The number of thioether (sulfide) groups is 1. The normalized spacial score (nSPS) is 12.9. The van der Waals surface area contributed by atoms with Gasteiger partial charge in [0.2, 0.25) is 6.79 Å². The van der Waals surface area contributed by atoms with Gasteiger partial charge < -0.3 is 14.2 Å². The third-order valence-electron chi connectivity index (χ3n) is 2.90. The van der Waals surface area contributed by atoms with Crippen molar-refractivity contribution in [1.29, 1.82) is 0 Å². The van der Waals surface area contributed by atoms with Crippen LogP contribution in [0.4, 0.5) is 0 Å². The standard InChI is InChI=1S/C13H12Cl2N2O3S/c1-18-6-17-12(15)11(14)16-13(17)21-5-8-2-3-9-10(4-8)20-7-19-9/h2-4H,5-7H2,1H3. The predicted molar refractivity (Wildman–Crippen MR) is 81.4 cm³/mol. The third-order valence-corrected chi connectivity index (χ3v) is 4.69. The molecular formula is C13H12Cl2N2O3S. The first kappa shape index (κ1) is 14.8. The summed E-state index contributed by atoms with van der Waals surface area (Å²) in [6.45, 7) is 0.581. The first-order chi connectivity index (χ1) is 10.2. The average Bonchev–Trinajstić information content (AvgIpc) is 3.05. The number of hydrogen-bond donors (Lipinski definition) is 0. The number of fused-ring (bicyclic) bond motifs is 1. The van der Waals surface area contributed by atoms with Crippen molar-refractivity contribution in [3.63, 3.8) is 0 Å². The topological polar surface area (TPSA) is 45.5 Å². The van der Waals surface area contributed by atoms with Crippen LogP contribution < -0.4 is 9.47 Å². The summed E-state index contributed by atoms with van der Waals surface area (Å²) in [6, 6.07) is 5.86. The minimum absolute atomic E-state index is 0.273. The molecule has 112 valence electrons. The Labute approximate surface area is 136 Å². The van der Waals surface area contributed by atoms with Gasteiger partial charge in [0.05, 0.1) is 0 Å². The number of methoxy groups -OCH3 is 1. The maximum absolute atomic E-state index is 6.09. The number of benzene rings is 1. The molecule has 2 heterocycles. The molecule has 0 atom stereocenters. The summed E-state index contributed by atoms with van der Waals surface area (Å²) >= 11 is 13.6. The van der Waals surface area contributed by atoms with Crippen LogP contribution in [0.25, 0.3) is 0 Å². The molecule has 0 N–H and O–H groups in total. The first-order valence-electron chi connectivity index (χ1n) is 6.11. The Morgan fingerprint density at radius 3 is 2.95 bits per heavy atom. The molecule has 21 heavy (non-hydrogen) atoms. The van der Waals surface area contributed by atoms with E-state index in [4.69, 9.17) is 37.4 Å². The quantitative estimate of drug-likeness (QED) is 0.770. The van der Waals surface area contributed by atoms with Gasteiger partial charge in [0.15, 0.2) is 27.0 Å². The lowest BCUT2D eigenvalue weighted by atomic mass is 10.2. The van der Waals surface area contributed by atoms with Crippen molar-refractivity contribution < 1.29 is 14.2 Å². The van der Waals surface area contributed by atoms with Crippen LogP contribution in [0, 0.1) is 0 Å². The highest BCUT2D eigenvalue weighted by Gasteiger charge is 2.16. The summed E-state index contributed by atoms with van der Waals surface area (Å²) < 4.78 is 17.5. The number of halogens is 2. The molecule has 1 aliphatic rings. The fourth-order valence-corrected chi connectivity index (χ4v) is 3.30. The first-order valence-corrected chi connectivity index (χ1v) is 7.85. The molecule has 5 nitrogen and oxygen atoms in total. The van der Waals surface area contributed by atoms with E-state index in [1.54, 1.807) is 11.7 Å². The maximum Gasteiger partial charge on any atom is 0.231 e. The van der Waals surface area contributed by atoms with Crippen molar-refractivity contribution in [3.8, 4) is 11.5 Å². The zero-order valence-corrected chi connectivity index (χ0v) is 13.5. The molecule has 0 fully saturated rings. The number of rotatable bonds is 5. The Morgan fingerprint density at radius 2 is 2.14 bits per heavy atom. The number of hydrogen-bond acceptors (Lipinski definition) is 5. The van der Waals surface area contributed by atoms with Gasteiger partial charge in [0, 0.05) is 12.9 Å². The van der Waals surface area contributed by atoms with Crippen molar-refractivity contribution in [2.45, 2.75) is 17.6 Å². The number of nitrogens with zero attached hydrogens (tertiary/aromatic N) is 2. The van der Waals surface area contributed by atoms with Crippen LogP contribution in [0.2, 0.25) is 10.3 Å². The van der Waals surface area contributed by atoms with Crippen molar-refractivity contribution in [3.05, 3.63) is 34.1 Å². The molecule has 2 aromatic rings. The summed E-state index contributed by atoms with van der Waals surface area (Å²) in [5.41, 5.74) is 1.10. The lowest BCUT2D eigenvalue weighted by Crippen LogP contribution is -2.01. The second-order valence-corrected chi connectivity index (χ2v) is 5.96. The molecule has 0 radical (unpaired) electrons. The molecule has 0 amide bonds. The van der Waals surface area contributed by atoms with Gasteiger partial charge in [-0.1, -0.05) is 41.0 Å². The Hall–Kier alpha value is -1.08. The minimum atomic E-state index is 0.273. The second-order valence-electron chi connectivity index (χ2n) is 4.30. The molecular weight excluding hydrogens is 335 g/mol. The molecule has 0 unspecified atom stereocenters. The van der Waals surface area contributed by atoms with Crippen molar-refractivity contribution in [2.24, 2.45) is 0 Å². The zero-order chi connectivity index (χ0) is 14.8. The molecule has 0 aliphatic carbocycles. The summed E-state index contributed by atoms with van der Waals surface area (Å²) in [5.74, 6) is 2.25. The second kappa shape index (κ2) is 6.36. The SMILES string of the molecule is COCn1c(SCc2ccc3c(c2)OCO3)nc(Cl)c1Cl. The minimum Gasteiger partial charge on any atom is -0.454 e. The predicted octanol–water partition coefficient (Wildman–Crippen LogP) is 3.81. The molecule has 1 aromatic heterocycles. The van der Waals surface area contributed by atoms with Crippen molar-refractivity contribution in [2.75, 3.05) is 13.9 Å². The van der Waals surface area contributed by atoms with Gasteiger partial charge in [-0.25, -0.2) is 4.98 Å². The summed E-state index contributed by atoms with van der Waals surface area (Å²) in [7, 11) is 1.59. The molecule has 0 saturated heterocycles. The van der Waals surface area contributed by atoms with E-state index in [0.29, 0.717) is 22.8 Å². The van der Waals surface area contributed by atoms with E-state index in [-0.39, 0.29) is 11.9 Å². The van der Waals surface area contributed by atoms with E-state index in [9.17, 15) is 0 Å². The molecule has 0 spiro atoms. The van der Waals surface area contributed by atoms with Crippen LogP contribution in [-0.4, -0.2) is 23.5 Å². The van der Waals surface area contributed by atoms with E-state index in [0.717, 1.165) is 17.1 Å².